The molecule has 0 saturated carbocycles. The van der Waals surface area contributed by atoms with Crippen LogP contribution < -0.4 is 20.7 Å². The van der Waals surface area contributed by atoms with E-state index in [9.17, 15) is 9.59 Å². The first-order valence-electron chi connectivity index (χ1n) is 10.5. The lowest BCUT2D eigenvalue weighted by Crippen LogP contribution is -2.35. The molecule has 0 aliphatic heterocycles. The second-order valence-corrected chi connectivity index (χ2v) is 7.52. The number of nitrogens with zero attached hydrogens (tertiary/aromatic N) is 3. The van der Waals surface area contributed by atoms with E-state index >= 15 is 0 Å². The molecule has 0 bridgehead atoms. The number of aromatic nitrogens is 4. The number of para-hydroxylation sites is 2. The maximum Gasteiger partial charge on any atom is 0.329 e. The van der Waals surface area contributed by atoms with Crippen molar-refractivity contribution in [3.05, 3.63) is 93.1 Å². The Morgan fingerprint density at radius 3 is 2.47 bits per heavy atom. The van der Waals surface area contributed by atoms with Gasteiger partial charge in [-0.3, -0.25) is 9.36 Å². The van der Waals surface area contributed by atoms with E-state index in [4.69, 9.17) is 14.0 Å². The zero-order chi connectivity index (χ0) is 23.7. The van der Waals surface area contributed by atoms with Crippen LogP contribution >= 0.6 is 0 Å². The number of rotatable bonds is 6. The van der Waals surface area contributed by atoms with Crippen LogP contribution in [0.5, 0.6) is 11.5 Å². The van der Waals surface area contributed by atoms with Crippen molar-refractivity contribution in [1.82, 2.24) is 19.7 Å². The summed E-state index contributed by atoms with van der Waals surface area (Å²) in [6.45, 7) is 0.0851. The summed E-state index contributed by atoms with van der Waals surface area (Å²) < 4.78 is 17.3. The number of H-pyrrole nitrogens is 1. The monoisotopic (exact) mass is 456 g/mol. The van der Waals surface area contributed by atoms with Gasteiger partial charge in [-0.05, 0) is 36.4 Å². The van der Waals surface area contributed by atoms with Gasteiger partial charge >= 0.3 is 5.69 Å². The highest BCUT2D eigenvalue weighted by atomic mass is 16.5. The minimum atomic E-state index is -0.527. The van der Waals surface area contributed by atoms with Crippen molar-refractivity contribution in [2.75, 3.05) is 14.2 Å². The molecule has 0 fully saturated rings. The SMILES string of the molecule is COc1ccccc1Cn1c(=O)[nH]c2cc(-c3nc(-c4ccccc4OC)no3)ccc2c1=O. The van der Waals surface area contributed by atoms with Gasteiger partial charge in [0.2, 0.25) is 5.82 Å². The summed E-state index contributed by atoms with van der Waals surface area (Å²) in [5, 5.41) is 4.41. The Morgan fingerprint density at radius 2 is 1.68 bits per heavy atom. The molecule has 9 heteroatoms. The van der Waals surface area contributed by atoms with Gasteiger partial charge in [0.1, 0.15) is 11.5 Å². The van der Waals surface area contributed by atoms with Crippen molar-refractivity contribution in [3.8, 4) is 34.3 Å². The van der Waals surface area contributed by atoms with Crippen LogP contribution in [-0.4, -0.2) is 33.9 Å². The number of fused-ring (bicyclic) bond motifs is 1. The zero-order valence-corrected chi connectivity index (χ0v) is 18.4. The molecule has 0 aliphatic rings. The number of hydrogen-bond acceptors (Lipinski definition) is 7. The molecule has 1 N–H and O–H groups in total. The van der Waals surface area contributed by atoms with Gasteiger partial charge in [0.25, 0.3) is 11.4 Å². The smallest absolute Gasteiger partial charge is 0.329 e. The van der Waals surface area contributed by atoms with E-state index in [2.05, 4.69) is 15.1 Å². The van der Waals surface area contributed by atoms with Crippen LogP contribution in [0.15, 0.2) is 80.8 Å². The zero-order valence-electron chi connectivity index (χ0n) is 18.4. The molecule has 0 unspecified atom stereocenters. The van der Waals surface area contributed by atoms with Gasteiger partial charge in [-0.15, -0.1) is 0 Å². The molecule has 0 radical (unpaired) electrons. The fourth-order valence-electron chi connectivity index (χ4n) is 3.81. The molecule has 2 aromatic heterocycles. The van der Waals surface area contributed by atoms with Crippen molar-refractivity contribution < 1.29 is 14.0 Å². The van der Waals surface area contributed by atoms with Gasteiger partial charge in [-0.2, -0.15) is 4.98 Å². The normalized spacial score (nSPS) is 11.0. The molecule has 9 nitrogen and oxygen atoms in total. The summed E-state index contributed by atoms with van der Waals surface area (Å²) in [4.78, 5) is 33.1. The predicted molar refractivity (Wildman–Crippen MR) is 126 cm³/mol. The van der Waals surface area contributed by atoms with Gasteiger partial charge in [-0.1, -0.05) is 35.5 Å². The molecule has 5 aromatic rings. The first-order valence-corrected chi connectivity index (χ1v) is 10.5. The van der Waals surface area contributed by atoms with E-state index in [-0.39, 0.29) is 12.4 Å². The standard InChI is InChI=1S/C25H20N4O5/c1-32-20-9-5-3-7-16(20)14-29-24(30)17-12-11-15(13-19(17)26-25(29)31)23-27-22(28-34-23)18-8-4-6-10-21(18)33-2/h3-13H,14H2,1-2H3,(H,26,31). The number of ether oxygens (including phenoxy) is 2. The first kappa shape index (κ1) is 21.2. The van der Waals surface area contributed by atoms with Crippen LogP contribution in [0.1, 0.15) is 5.56 Å². The molecule has 0 aliphatic carbocycles. The predicted octanol–water partition coefficient (Wildman–Crippen LogP) is 3.47. The van der Waals surface area contributed by atoms with Crippen LogP contribution in [0.25, 0.3) is 33.7 Å². The fraction of sp³-hybridized carbons (Fsp3) is 0.120. The largest absolute Gasteiger partial charge is 0.496 e. The number of hydrogen-bond donors (Lipinski definition) is 1. The molecule has 0 amide bonds. The molecule has 0 spiro atoms. The summed E-state index contributed by atoms with van der Waals surface area (Å²) in [7, 11) is 3.12. The van der Waals surface area contributed by atoms with E-state index in [1.54, 1.807) is 38.5 Å². The van der Waals surface area contributed by atoms with Crippen molar-refractivity contribution in [2.24, 2.45) is 0 Å². The molecule has 3 aromatic carbocycles. The van der Waals surface area contributed by atoms with E-state index in [0.717, 1.165) is 10.1 Å². The van der Waals surface area contributed by atoms with E-state index in [0.29, 0.717) is 39.4 Å². The lowest BCUT2D eigenvalue weighted by molar-refractivity contribution is 0.408. The van der Waals surface area contributed by atoms with Gasteiger partial charge in [0, 0.05) is 11.1 Å². The highest BCUT2D eigenvalue weighted by molar-refractivity contribution is 5.82. The Labute approximate surface area is 193 Å². The minimum absolute atomic E-state index is 0.0851. The van der Waals surface area contributed by atoms with Crippen LogP contribution in [-0.2, 0) is 6.54 Å². The van der Waals surface area contributed by atoms with Crippen LogP contribution in [0.4, 0.5) is 0 Å². The second kappa shape index (κ2) is 8.70. The Bertz CT molecular complexity index is 1620. The molecule has 0 atom stereocenters. The van der Waals surface area contributed by atoms with Crippen molar-refractivity contribution >= 4 is 10.9 Å². The van der Waals surface area contributed by atoms with Gasteiger partial charge < -0.3 is 19.0 Å². The average Bonchev–Trinajstić information content (AvgIpc) is 3.36. The Balaban J connectivity index is 1.53. The fourth-order valence-corrected chi connectivity index (χ4v) is 3.81. The number of nitrogens with one attached hydrogen (secondary N) is 1. The van der Waals surface area contributed by atoms with Crippen molar-refractivity contribution in [3.63, 3.8) is 0 Å². The number of methoxy groups -OCH3 is 2. The summed E-state index contributed by atoms with van der Waals surface area (Å²) in [6.07, 6.45) is 0. The number of aromatic amines is 1. The molecule has 5 rings (SSSR count). The highest BCUT2D eigenvalue weighted by Gasteiger charge is 2.16. The average molecular weight is 456 g/mol. The highest BCUT2D eigenvalue weighted by Crippen LogP contribution is 2.29. The molecule has 2 heterocycles. The van der Waals surface area contributed by atoms with Crippen LogP contribution in [0, 0.1) is 0 Å². The third-order valence-corrected chi connectivity index (χ3v) is 5.52. The van der Waals surface area contributed by atoms with Crippen molar-refractivity contribution in [2.45, 2.75) is 6.54 Å². The molecular formula is C25H20N4O5. The molecule has 170 valence electrons. The first-order chi connectivity index (χ1) is 16.6. The summed E-state index contributed by atoms with van der Waals surface area (Å²) in [6, 6.07) is 19.6. The minimum Gasteiger partial charge on any atom is -0.496 e. The lowest BCUT2D eigenvalue weighted by Gasteiger charge is -2.10. The summed E-state index contributed by atoms with van der Waals surface area (Å²) in [5.41, 5.74) is 1.42. The topological polar surface area (TPSA) is 112 Å². The summed E-state index contributed by atoms with van der Waals surface area (Å²) >= 11 is 0. The Morgan fingerprint density at radius 1 is 0.941 bits per heavy atom. The lowest BCUT2D eigenvalue weighted by atomic mass is 10.1. The Hall–Kier alpha value is -4.66. The van der Waals surface area contributed by atoms with Crippen LogP contribution in [0.2, 0.25) is 0 Å². The number of benzene rings is 3. The third-order valence-electron chi connectivity index (χ3n) is 5.52. The third kappa shape index (κ3) is 3.73. The van der Waals surface area contributed by atoms with Crippen LogP contribution in [0.3, 0.4) is 0 Å². The van der Waals surface area contributed by atoms with Gasteiger partial charge in [0.05, 0.1) is 37.2 Å². The molecular weight excluding hydrogens is 436 g/mol. The molecule has 0 saturated heterocycles. The maximum atomic E-state index is 13.1. The quantitative estimate of drug-likeness (QED) is 0.416. The van der Waals surface area contributed by atoms with E-state index < -0.39 is 11.2 Å². The van der Waals surface area contributed by atoms with Gasteiger partial charge in [-0.25, -0.2) is 4.79 Å². The van der Waals surface area contributed by atoms with E-state index in [1.807, 2.05) is 42.5 Å². The van der Waals surface area contributed by atoms with Crippen molar-refractivity contribution in [1.29, 1.82) is 0 Å². The molecule has 34 heavy (non-hydrogen) atoms. The Kier molecular flexibility index (Phi) is 5.43. The maximum absolute atomic E-state index is 13.1. The summed E-state index contributed by atoms with van der Waals surface area (Å²) in [5.74, 6) is 1.84. The van der Waals surface area contributed by atoms with Gasteiger partial charge in [0.15, 0.2) is 0 Å². The van der Waals surface area contributed by atoms with E-state index in [1.165, 1.54) is 0 Å². The second-order valence-electron chi connectivity index (χ2n) is 7.52.